The molecule has 2 aliphatic carbocycles. The van der Waals surface area contributed by atoms with Crippen molar-refractivity contribution in [1.29, 1.82) is 0 Å². The number of para-hydroxylation sites is 1. The van der Waals surface area contributed by atoms with Crippen molar-refractivity contribution in [3.05, 3.63) is 156 Å². The van der Waals surface area contributed by atoms with Crippen LogP contribution in [-0.4, -0.2) is 21.7 Å². The van der Waals surface area contributed by atoms with E-state index >= 15 is 0 Å². The van der Waals surface area contributed by atoms with Crippen molar-refractivity contribution in [2.24, 2.45) is 0 Å². The molecule has 6 aromatic carbocycles. The minimum atomic E-state index is -1.53. The SMILES string of the molecule is OB(O)c1ccc2c3ccccc3n(-c3ccc4c(c3)C3(c5ccccc5-c5ccccc53)c3ccccc3-4)c2c1. The number of hydrogen-bond donors (Lipinski definition) is 2. The average Bonchev–Trinajstić information content (AvgIpc) is 3.62. The first-order valence-corrected chi connectivity index (χ1v) is 14.0. The van der Waals surface area contributed by atoms with E-state index in [1.165, 1.54) is 44.5 Å². The molecule has 2 N–H and O–H groups in total. The van der Waals surface area contributed by atoms with Crippen LogP contribution in [0.15, 0.2) is 133 Å². The molecule has 0 radical (unpaired) electrons. The van der Waals surface area contributed by atoms with Crippen LogP contribution >= 0.6 is 0 Å². The lowest BCUT2D eigenvalue weighted by atomic mass is 9.70. The second kappa shape index (κ2) is 8.08. The second-order valence-electron chi connectivity index (χ2n) is 11.1. The topological polar surface area (TPSA) is 45.4 Å². The summed E-state index contributed by atoms with van der Waals surface area (Å²) in [4.78, 5) is 0. The van der Waals surface area contributed by atoms with Gasteiger partial charge in [0.1, 0.15) is 0 Å². The summed E-state index contributed by atoms with van der Waals surface area (Å²) >= 11 is 0. The van der Waals surface area contributed by atoms with Crippen LogP contribution in [0.25, 0.3) is 49.7 Å². The molecule has 7 aromatic rings. The van der Waals surface area contributed by atoms with Crippen molar-refractivity contribution < 1.29 is 10.0 Å². The molecule has 2 aliphatic rings. The summed E-state index contributed by atoms with van der Waals surface area (Å²) in [5.74, 6) is 0. The summed E-state index contributed by atoms with van der Waals surface area (Å²) in [5.41, 5.74) is 13.5. The Bertz CT molecular complexity index is 2150. The minimum Gasteiger partial charge on any atom is -0.423 e. The van der Waals surface area contributed by atoms with Gasteiger partial charge in [0.25, 0.3) is 0 Å². The fourth-order valence-electron chi connectivity index (χ4n) is 7.65. The normalized spacial score (nSPS) is 13.8. The van der Waals surface area contributed by atoms with E-state index < -0.39 is 12.5 Å². The minimum absolute atomic E-state index is 0.416. The molecular formula is C37H24BNO2. The van der Waals surface area contributed by atoms with Crippen LogP contribution in [0.1, 0.15) is 22.3 Å². The zero-order chi connectivity index (χ0) is 27.3. The Morgan fingerprint density at radius 1 is 0.463 bits per heavy atom. The standard InChI is InChI=1S/C37H24BNO2/c40-38(41)23-17-19-30-29-12-4-8-16-35(29)39(36(30)21-23)24-18-20-28-27-11-3-7-15-33(27)37(34(28)22-24)31-13-5-1-9-25(31)26-10-2-6-14-32(26)37/h1-22,40-41H. The van der Waals surface area contributed by atoms with E-state index in [2.05, 4.69) is 120 Å². The lowest BCUT2D eigenvalue weighted by molar-refractivity contribution is 0.426. The molecule has 0 fully saturated rings. The highest BCUT2D eigenvalue weighted by Gasteiger charge is 2.51. The predicted molar refractivity (Wildman–Crippen MR) is 167 cm³/mol. The van der Waals surface area contributed by atoms with Crippen LogP contribution in [0.5, 0.6) is 0 Å². The van der Waals surface area contributed by atoms with Gasteiger partial charge < -0.3 is 14.6 Å². The van der Waals surface area contributed by atoms with E-state index in [-0.39, 0.29) is 0 Å². The number of fused-ring (bicyclic) bond motifs is 13. The van der Waals surface area contributed by atoms with E-state index in [0.29, 0.717) is 5.46 Å². The molecule has 0 atom stereocenters. The predicted octanol–water partition coefficient (Wildman–Crippen LogP) is 6.81. The monoisotopic (exact) mass is 525 g/mol. The molecule has 0 aliphatic heterocycles. The molecule has 1 heterocycles. The molecule has 0 amide bonds. The number of rotatable bonds is 2. The van der Waals surface area contributed by atoms with Gasteiger partial charge in [0.2, 0.25) is 0 Å². The van der Waals surface area contributed by atoms with Gasteiger partial charge in [-0.15, -0.1) is 0 Å². The maximum absolute atomic E-state index is 10.0. The fraction of sp³-hybridized carbons (Fsp3) is 0.0270. The highest BCUT2D eigenvalue weighted by molar-refractivity contribution is 6.59. The Morgan fingerprint density at radius 3 is 1.63 bits per heavy atom. The second-order valence-corrected chi connectivity index (χ2v) is 11.1. The highest BCUT2D eigenvalue weighted by atomic mass is 16.4. The molecule has 41 heavy (non-hydrogen) atoms. The molecule has 3 nitrogen and oxygen atoms in total. The van der Waals surface area contributed by atoms with Crippen LogP contribution in [0.4, 0.5) is 0 Å². The first-order valence-electron chi connectivity index (χ1n) is 14.0. The van der Waals surface area contributed by atoms with Crippen molar-refractivity contribution >= 4 is 34.4 Å². The van der Waals surface area contributed by atoms with E-state index in [9.17, 15) is 10.0 Å². The van der Waals surface area contributed by atoms with Gasteiger partial charge in [0.15, 0.2) is 0 Å². The number of hydrogen-bond acceptors (Lipinski definition) is 2. The third kappa shape index (κ3) is 2.81. The Kier molecular flexibility index (Phi) is 4.51. The third-order valence-electron chi connectivity index (χ3n) is 9.23. The van der Waals surface area contributed by atoms with Gasteiger partial charge >= 0.3 is 7.12 Å². The molecule has 4 heteroatoms. The Balaban J connectivity index is 1.41. The molecule has 9 rings (SSSR count). The zero-order valence-electron chi connectivity index (χ0n) is 22.1. The summed E-state index contributed by atoms with van der Waals surface area (Å²) in [7, 11) is -1.53. The molecule has 0 unspecified atom stereocenters. The van der Waals surface area contributed by atoms with Gasteiger partial charge in [0, 0.05) is 16.5 Å². The third-order valence-corrected chi connectivity index (χ3v) is 9.23. The van der Waals surface area contributed by atoms with Gasteiger partial charge in [-0.05, 0) is 74.2 Å². The lowest BCUT2D eigenvalue weighted by Gasteiger charge is -2.30. The first-order chi connectivity index (χ1) is 20.2. The largest absolute Gasteiger partial charge is 0.488 e. The van der Waals surface area contributed by atoms with Crippen molar-refractivity contribution in [3.8, 4) is 27.9 Å². The summed E-state index contributed by atoms with van der Waals surface area (Å²) in [5, 5.41) is 22.3. The lowest BCUT2D eigenvalue weighted by Crippen LogP contribution is -2.29. The Morgan fingerprint density at radius 2 is 1.00 bits per heavy atom. The fourth-order valence-corrected chi connectivity index (χ4v) is 7.65. The number of aromatic nitrogens is 1. The molecule has 0 saturated heterocycles. The van der Waals surface area contributed by atoms with Crippen LogP contribution < -0.4 is 5.46 Å². The Hall–Kier alpha value is -4.90. The average molecular weight is 525 g/mol. The molecule has 192 valence electrons. The van der Waals surface area contributed by atoms with Crippen LogP contribution in [0, 0.1) is 0 Å². The van der Waals surface area contributed by atoms with E-state index in [1.807, 2.05) is 12.1 Å². The van der Waals surface area contributed by atoms with Crippen molar-refractivity contribution in [1.82, 2.24) is 4.57 Å². The molecule has 0 bridgehead atoms. The summed E-state index contributed by atoms with van der Waals surface area (Å²) < 4.78 is 2.26. The van der Waals surface area contributed by atoms with Gasteiger partial charge in [-0.25, -0.2) is 0 Å². The van der Waals surface area contributed by atoms with Crippen molar-refractivity contribution in [2.45, 2.75) is 5.41 Å². The van der Waals surface area contributed by atoms with E-state index in [4.69, 9.17) is 0 Å². The maximum atomic E-state index is 10.0. The van der Waals surface area contributed by atoms with Crippen LogP contribution in [-0.2, 0) is 5.41 Å². The smallest absolute Gasteiger partial charge is 0.423 e. The van der Waals surface area contributed by atoms with Crippen LogP contribution in [0.2, 0.25) is 0 Å². The zero-order valence-corrected chi connectivity index (χ0v) is 22.1. The molecular weight excluding hydrogens is 501 g/mol. The number of benzene rings is 6. The van der Waals surface area contributed by atoms with Gasteiger partial charge in [-0.1, -0.05) is 109 Å². The van der Waals surface area contributed by atoms with Crippen molar-refractivity contribution in [3.63, 3.8) is 0 Å². The molecule has 1 spiro atoms. The van der Waals surface area contributed by atoms with E-state index in [1.54, 1.807) is 6.07 Å². The van der Waals surface area contributed by atoms with Crippen molar-refractivity contribution in [2.75, 3.05) is 0 Å². The Labute approximate surface area is 237 Å². The highest BCUT2D eigenvalue weighted by Crippen LogP contribution is 2.62. The quantitative estimate of drug-likeness (QED) is 0.244. The number of nitrogens with zero attached hydrogens (tertiary/aromatic N) is 1. The maximum Gasteiger partial charge on any atom is 0.488 e. The first kappa shape index (κ1) is 22.9. The summed E-state index contributed by atoms with van der Waals surface area (Å²) in [6.07, 6.45) is 0. The van der Waals surface area contributed by atoms with Crippen LogP contribution in [0.3, 0.4) is 0 Å². The summed E-state index contributed by atoms with van der Waals surface area (Å²) in [6, 6.07) is 47.5. The molecule has 0 saturated carbocycles. The van der Waals surface area contributed by atoms with Gasteiger partial charge in [-0.2, -0.15) is 0 Å². The van der Waals surface area contributed by atoms with Gasteiger partial charge in [-0.3, -0.25) is 0 Å². The molecule has 1 aromatic heterocycles. The summed E-state index contributed by atoms with van der Waals surface area (Å²) in [6.45, 7) is 0. The van der Waals surface area contributed by atoms with E-state index in [0.717, 1.165) is 27.5 Å². The van der Waals surface area contributed by atoms with Gasteiger partial charge in [0.05, 0.1) is 16.4 Å².